The number of hydrazine groups is 1. The molecule has 0 aromatic carbocycles. The van der Waals surface area contributed by atoms with E-state index in [0.29, 0.717) is 6.73 Å². The molecule has 1 atom stereocenters. The molecule has 0 spiro atoms. The normalized spacial score (nSPS) is 34.5. The molecule has 1 aliphatic rings. The molecule has 0 aromatic heterocycles. The van der Waals surface area contributed by atoms with Crippen molar-refractivity contribution in [2.24, 2.45) is 0 Å². The summed E-state index contributed by atoms with van der Waals surface area (Å²) in [4.78, 5) is 0. The van der Waals surface area contributed by atoms with Gasteiger partial charge in [-0.1, -0.05) is 0 Å². The fourth-order valence-corrected chi connectivity index (χ4v) is 0.394. The molecule has 0 aliphatic carbocycles. The second-order valence-electron chi connectivity index (χ2n) is 1.27. The Bertz CT molecular complexity index is 42.1. The highest BCUT2D eigenvalue weighted by Gasteiger charge is 2.04. The molecule has 0 amide bonds. The van der Waals surface area contributed by atoms with Crippen LogP contribution in [0.5, 0.6) is 0 Å². The molecular weight excluding hydrogens is 80.0 g/mol. The smallest absolute Gasteiger partial charge is 0.119 e. The molecule has 3 nitrogen and oxygen atoms in total. The average Bonchev–Trinajstić information content (AvgIpc) is 1.86. The second-order valence-corrected chi connectivity index (χ2v) is 1.27. The zero-order valence-corrected chi connectivity index (χ0v) is 3.69. The minimum Gasteiger partial charge on any atom is -0.346 e. The molecule has 3 heteroatoms. The van der Waals surface area contributed by atoms with Gasteiger partial charge in [0.05, 0.1) is 0 Å². The lowest BCUT2D eigenvalue weighted by Crippen LogP contribution is -2.27. The van der Waals surface area contributed by atoms with Crippen molar-refractivity contribution >= 4 is 0 Å². The third kappa shape index (κ3) is 0.680. The van der Waals surface area contributed by atoms with Crippen molar-refractivity contribution in [2.75, 3.05) is 6.73 Å². The first-order valence-corrected chi connectivity index (χ1v) is 1.99. The Labute approximate surface area is 36.6 Å². The fourth-order valence-electron chi connectivity index (χ4n) is 0.394. The highest BCUT2D eigenvalue weighted by atomic mass is 16.5. The Morgan fingerprint density at radius 2 is 2.67 bits per heavy atom. The van der Waals surface area contributed by atoms with Crippen molar-refractivity contribution in [3.8, 4) is 0 Å². The van der Waals surface area contributed by atoms with Gasteiger partial charge in [-0.05, 0) is 6.92 Å². The van der Waals surface area contributed by atoms with E-state index < -0.39 is 0 Å². The lowest BCUT2D eigenvalue weighted by molar-refractivity contribution is 0.115. The molecule has 1 aliphatic heterocycles. The summed E-state index contributed by atoms with van der Waals surface area (Å²) in [5.74, 6) is 0. The van der Waals surface area contributed by atoms with E-state index in [4.69, 9.17) is 4.74 Å². The summed E-state index contributed by atoms with van der Waals surface area (Å²) in [5, 5.41) is 0. The molecule has 1 saturated heterocycles. The largest absolute Gasteiger partial charge is 0.346 e. The van der Waals surface area contributed by atoms with Crippen LogP contribution in [-0.2, 0) is 4.74 Å². The van der Waals surface area contributed by atoms with E-state index in [-0.39, 0.29) is 6.23 Å². The zero-order valence-electron chi connectivity index (χ0n) is 3.69. The number of rotatable bonds is 0. The van der Waals surface area contributed by atoms with Gasteiger partial charge in [-0.3, -0.25) is 0 Å². The number of hydrogen-bond donors (Lipinski definition) is 2. The molecule has 0 radical (unpaired) electrons. The van der Waals surface area contributed by atoms with Crippen LogP contribution in [0.3, 0.4) is 0 Å². The van der Waals surface area contributed by atoms with Crippen molar-refractivity contribution in [1.29, 1.82) is 0 Å². The Balaban J connectivity index is 2.18. The van der Waals surface area contributed by atoms with Gasteiger partial charge in [-0.25, -0.2) is 10.9 Å². The Morgan fingerprint density at radius 3 is 2.83 bits per heavy atom. The van der Waals surface area contributed by atoms with Crippen molar-refractivity contribution < 1.29 is 4.74 Å². The maximum absolute atomic E-state index is 4.93. The van der Waals surface area contributed by atoms with Gasteiger partial charge in [0.2, 0.25) is 0 Å². The molecule has 1 fully saturated rings. The van der Waals surface area contributed by atoms with E-state index in [1.165, 1.54) is 0 Å². The summed E-state index contributed by atoms with van der Waals surface area (Å²) in [6.07, 6.45) is 0.185. The van der Waals surface area contributed by atoms with Gasteiger partial charge >= 0.3 is 0 Å². The lowest BCUT2D eigenvalue weighted by atomic mass is 10.7. The minimum absolute atomic E-state index is 0.185. The Hall–Kier alpha value is -0.120. The zero-order chi connectivity index (χ0) is 4.41. The van der Waals surface area contributed by atoms with Crippen LogP contribution in [0.2, 0.25) is 0 Å². The van der Waals surface area contributed by atoms with Gasteiger partial charge in [-0.2, -0.15) is 0 Å². The maximum Gasteiger partial charge on any atom is 0.119 e. The third-order valence-corrected chi connectivity index (χ3v) is 0.711. The van der Waals surface area contributed by atoms with E-state index >= 15 is 0 Å². The predicted molar refractivity (Wildman–Crippen MR) is 21.7 cm³/mol. The van der Waals surface area contributed by atoms with Crippen LogP contribution in [0.4, 0.5) is 0 Å². The highest BCUT2D eigenvalue weighted by molar-refractivity contribution is 4.44. The molecule has 1 unspecified atom stereocenters. The molecule has 0 bridgehead atoms. The second kappa shape index (κ2) is 1.55. The van der Waals surface area contributed by atoms with Crippen molar-refractivity contribution in [1.82, 2.24) is 10.9 Å². The highest BCUT2D eigenvalue weighted by Crippen LogP contribution is 1.84. The first-order valence-electron chi connectivity index (χ1n) is 1.99. The first-order chi connectivity index (χ1) is 2.89. The molecule has 0 saturated carbocycles. The van der Waals surface area contributed by atoms with Crippen LogP contribution in [0.1, 0.15) is 6.92 Å². The summed E-state index contributed by atoms with van der Waals surface area (Å²) in [6.45, 7) is 2.57. The SMILES string of the molecule is CC1NNCO1. The summed E-state index contributed by atoms with van der Waals surface area (Å²) in [5.41, 5.74) is 5.65. The van der Waals surface area contributed by atoms with Gasteiger partial charge in [0.1, 0.15) is 13.0 Å². The van der Waals surface area contributed by atoms with Crippen LogP contribution in [0.15, 0.2) is 0 Å². The van der Waals surface area contributed by atoms with Gasteiger partial charge in [0.15, 0.2) is 0 Å². The molecular formula is C3H8N2O. The molecule has 0 aromatic rings. The van der Waals surface area contributed by atoms with Crippen LogP contribution >= 0.6 is 0 Å². The number of hydrogen-bond acceptors (Lipinski definition) is 3. The standard InChI is InChI=1S/C3H8N2O/c1-3-5-4-2-6-3/h3-5H,2H2,1H3. The van der Waals surface area contributed by atoms with E-state index in [1.54, 1.807) is 0 Å². The Morgan fingerprint density at radius 1 is 1.83 bits per heavy atom. The van der Waals surface area contributed by atoms with E-state index in [9.17, 15) is 0 Å². The maximum atomic E-state index is 4.93. The minimum atomic E-state index is 0.185. The van der Waals surface area contributed by atoms with Crippen molar-refractivity contribution in [3.05, 3.63) is 0 Å². The summed E-state index contributed by atoms with van der Waals surface area (Å²) in [7, 11) is 0. The van der Waals surface area contributed by atoms with E-state index in [2.05, 4.69) is 10.9 Å². The Kier molecular flexibility index (Phi) is 1.05. The van der Waals surface area contributed by atoms with Gasteiger partial charge in [-0.15, -0.1) is 0 Å². The fraction of sp³-hybridized carbons (Fsp3) is 1.00. The lowest BCUT2D eigenvalue weighted by Gasteiger charge is -1.94. The quantitative estimate of drug-likeness (QED) is 0.415. The third-order valence-electron chi connectivity index (χ3n) is 0.711. The summed E-state index contributed by atoms with van der Waals surface area (Å²) in [6, 6.07) is 0. The molecule has 2 N–H and O–H groups in total. The van der Waals surface area contributed by atoms with Gasteiger partial charge in [0.25, 0.3) is 0 Å². The summed E-state index contributed by atoms with van der Waals surface area (Å²) >= 11 is 0. The van der Waals surface area contributed by atoms with Gasteiger partial charge in [0, 0.05) is 0 Å². The van der Waals surface area contributed by atoms with Crippen LogP contribution < -0.4 is 10.9 Å². The van der Waals surface area contributed by atoms with Crippen LogP contribution in [0, 0.1) is 0 Å². The first kappa shape index (κ1) is 4.05. The summed E-state index contributed by atoms with van der Waals surface area (Å²) < 4.78 is 4.93. The van der Waals surface area contributed by atoms with Gasteiger partial charge < -0.3 is 4.74 Å². The van der Waals surface area contributed by atoms with Crippen LogP contribution in [-0.4, -0.2) is 13.0 Å². The van der Waals surface area contributed by atoms with Crippen molar-refractivity contribution in [2.45, 2.75) is 13.2 Å². The van der Waals surface area contributed by atoms with Crippen molar-refractivity contribution in [3.63, 3.8) is 0 Å². The molecule has 6 heavy (non-hydrogen) atoms. The molecule has 36 valence electrons. The number of nitrogens with one attached hydrogen (secondary N) is 2. The number of ether oxygens (including phenoxy) is 1. The van der Waals surface area contributed by atoms with E-state index in [0.717, 1.165) is 0 Å². The van der Waals surface area contributed by atoms with E-state index in [1.807, 2.05) is 6.92 Å². The monoisotopic (exact) mass is 88.1 g/mol. The van der Waals surface area contributed by atoms with Crippen LogP contribution in [0.25, 0.3) is 0 Å². The molecule has 1 heterocycles. The topological polar surface area (TPSA) is 33.3 Å². The average molecular weight is 88.1 g/mol. The molecule has 1 rings (SSSR count). The predicted octanol–water partition coefficient (Wildman–Crippen LogP) is -0.586.